The van der Waals surface area contributed by atoms with Crippen molar-refractivity contribution in [3.63, 3.8) is 0 Å². The van der Waals surface area contributed by atoms with Crippen LogP contribution in [0.3, 0.4) is 0 Å². The maximum atomic E-state index is 13.1. The lowest BCUT2D eigenvalue weighted by Crippen LogP contribution is -2.45. The van der Waals surface area contributed by atoms with Crippen LogP contribution in [0.15, 0.2) is 65.0 Å². The summed E-state index contributed by atoms with van der Waals surface area (Å²) in [5, 5.41) is 0. The highest BCUT2D eigenvalue weighted by molar-refractivity contribution is 5.95. The Hall–Kier alpha value is -2.82. The Balaban J connectivity index is 2.16. The first-order valence-corrected chi connectivity index (χ1v) is 8.33. The number of allylic oxidation sites excluding steroid dienone is 1. The minimum Gasteiger partial charge on any atom is -0.469 e. The van der Waals surface area contributed by atoms with Crippen LogP contribution >= 0.6 is 0 Å². The zero-order chi connectivity index (χ0) is 17.9. The number of hydrogen-bond acceptors (Lipinski definition) is 5. The molecule has 1 aromatic heterocycles. The van der Waals surface area contributed by atoms with E-state index in [-0.39, 0.29) is 12.4 Å². The van der Waals surface area contributed by atoms with Crippen LogP contribution in [-0.4, -0.2) is 18.5 Å². The van der Waals surface area contributed by atoms with E-state index in [9.17, 15) is 9.59 Å². The van der Waals surface area contributed by atoms with E-state index in [1.807, 2.05) is 37.3 Å². The second-order valence-electron chi connectivity index (χ2n) is 5.82. The molecule has 1 aromatic carbocycles. The lowest BCUT2D eigenvalue weighted by molar-refractivity contribution is -0.157. The van der Waals surface area contributed by atoms with Gasteiger partial charge in [-0.3, -0.25) is 4.79 Å². The normalized spacial score (nSPS) is 22.9. The molecule has 0 saturated carbocycles. The van der Waals surface area contributed by atoms with Crippen LogP contribution in [0, 0.1) is 0 Å². The average Bonchev–Trinajstić information content (AvgIpc) is 3.16. The molecule has 0 fully saturated rings. The third-order valence-electron chi connectivity index (χ3n) is 4.59. The summed E-state index contributed by atoms with van der Waals surface area (Å²) in [5.74, 6) is -1.08. The van der Waals surface area contributed by atoms with Crippen LogP contribution in [-0.2, 0) is 24.5 Å². The predicted octanol–water partition coefficient (Wildman–Crippen LogP) is 3.72. The lowest BCUT2D eigenvalue weighted by Gasteiger charge is -2.39. The Morgan fingerprint density at radius 1 is 1.16 bits per heavy atom. The van der Waals surface area contributed by atoms with Crippen LogP contribution in [0.4, 0.5) is 0 Å². The second kappa shape index (κ2) is 6.97. The minimum atomic E-state index is -0.963. The largest absolute Gasteiger partial charge is 0.469 e. The summed E-state index contributed by atoms with van der Waals surface area (Å²) < 4.78 is 16.0. The zero-order valence-corrected chi connectivity index (χ0v) is 14.2. The summed E-state index contributed by atoms with van der Waals surface area (Å²) >= 11 is 0. The van der Waals surface area contributed by atoms with Gasteiger partial charge in [0.1, 0.15) is 11.2 Å². The molecule has 2 atom stereocenters. The van der Waals surface area contributed by atoms with Crippen LogP contribution in [0.1, 0.15) is 37.5 Å². The Labute approximate surface area is 146 Å². The van der Waals surface area contributed by atoms with E-state index in [1.54, 1.807) is 31.4 Å². The number of esters is 2. The molecule has 25 heavy (non-hydrogen) atoms. The first-order valence-electron chi connectivity index (χ1n) is 8.33. The fourth-order valence-electron chi connectivity index (χ4n) is 3.35. The summed E-state index contributed by atoms with van der Waals surface area (Å²) in [6, 6.07) is 13.0. The van der Waals surface area contributed by atoms with Gasteiger partial charge < -0.3 is 13.9 Å². The molecule has 2 heterocycles. The second-order valence-corrected chi connectivity index (χ2v) is 5.82. The van der Waals surface area contributed by atoms with E-state index in [1.165, 1.54) is 0 Å². The Morgan fingerprint density at radius 2 is 1.92 bits per heavy atom. The first-order chi connectivity index (χ1) is 12.1. The van der Waals surface area contributed by atoms with Crippen molar-refractivity contribution in [2.24, 2.45) is 0 Å². The van der Waals surface area contributed by atoms with Crippen molar-refractivity contribution >= 4 is 11.9 Å². The molecule has 1 aliphatic rings. The number of cyclic esters (lactones) is 1. The molecule has 0 spiro atoms. The Morgan fingerprint density at radius 3 is 2.52 bits per heavy atom. The highest BCUT2D eigenvalue weighted by atomic mass is 16.6. The van der Waals surface area contributed by atoms with Crippen molar-refractivity contribution in [3.05, 3.63) is 71.9 Å². The maximum Gasteiger partial charge on any atom is 0.374 e. The number of rotatable bonds is 5. The number of carbonyl (C=O) groups excluding carboxylic acids is 2. The fourth-order valence-corrected chi connectivity index (χ4v) is 3.35. The molecule has 0 amide bonds. The molecule has 5 nitrogen and oxygen atoms in total. The highest BCUT2D eigenvalue weighted by Gasteiger charge is 2.52. The number of carbonyl (C=O) groups is 2. The molecule has 3 rings (SSSR count). The van der Waals surface area contributed by atoms with Gasteiger partial charge in [0.25, 0.3) is 0 Å². The quantitative estimate of drug-likeness (QED) is 0.776. The first kappa shape index (κ1) is 17.0. The van der Waals surface area contributed by atoms with E-state index in [2.05, 4.69) is 0 Å². The van der Waals surface area contributed by atoms with Gasteiger partial charge in [-0.05, 0) is 37.1 Å². The molecule has 0 saturated heterocycles. The lowest BCUT2D eigenvalue weighted by atomic mass is 9.66. The standard InChI is InChI=1S/C20H20O5/c1-3-20(14-9-6-5-7-10-14)15(16-11-8-12-24-16)13-17(25-19(20)22)18(21)23-4-2/h5-13,15H,3-4H2,1-2H3/t15-,20+/m1/s1. The summed E-state index contributed by atoms with van der Waals surface area (Å²) in [6.07, 6.45) is 3.68. The van der Waals surface area contributed by atoms with Gasteiger partial charge in [0, 0.05) is 0 Å². The van der Waals surface area contributed by atoms with Gasteiger partial charge in [-0.1, -0.05) is 37.3 Å². The van der Waals surface area contributed by atoms with Crippen LogP contribution < -0.4 is 0 Å². The highest BCUT2D eigenvalue weighted by Crippen LogP contribution is 2.47. The van der Waals surface area contributed by atoms with Crippen LogP contribution in [0.5, 0.6) is 0 Å². The van der Waals surface area contributed by atoms with Crippen LogP contribution in [0.25, 0.3) is 0 Å². The van der Waals surface area contributed by atoms with E-state index >= 15 is 0 Å². The number of furan rings is 1. The molecule has 130 valence electrons. The van der Waals surface area contributed by atoms with Gasteiger partial charge >= 0.3 is 11.9 Å². The summed E-state index contributed by atoms with van der Waals surface area (Å²) in [7, 11) is 0. The van der Waals surface area contributed by atoms with Gasteiger partial charge in [-0.15, -0.1) is 0 Å². The molecule has 2 aromatic rings. The van der Waals surface area contributed by atoms with E-state index in [0.717, 1.165) is 5.56 Å². The Bertz CT molecular complexity index is 776. The van der Waals surface area contributed by atoms with E-state index < -0.39 is 23.3 Å². The Kier molecular flexibility index (Phi) is 4.74. The molecular weight excluding hydrogens is 320 g/mol. The third kappa shape index (κ3) is 2.86. The topological polar surface area (TPSA) is 65.7 Å². The van der Waals surface area contributed by atoms with Gasteiger partial charge in [0.15, 0.2) is 0 Å². The average molecular weight is 340 g/mol. The third-order valence-corrected chi connectivity index (χ3v) is 4.59. The van der Waals surface area contributed by atoms with Crippen molar-refractivity contribution in [1.82, 2.24) is 0 Å². The fraction of sp³-hybridized carbons (Fsp3) is 0.300. The van der Waals surface area contributed by atoms with Crippen molar-refractivity contribution in [3.8, 4) is 0 Å². The van der Waals surface area contributed by atoms with E-state index in [4.69, 9.17) is 13.9 Å². The smallest absolute Gasteiger partial charge is 0.374 e. The van der Waals surface area contributed by atoms with Crippen molar-refractivity contribution in [1.29, 1.82) is 0 Å². The van der Waals surface area contributed by atoms with Crippen LogP contribution in [0.2, 0.25) is 0 Å². The van der Waals surface area contributed by atoms with E-state index in [0.29, 0.717) is 12.2 Å². The predicted molar refractivity (Wildman–Crippen MR) is 90.7 cm³/mol. The molecular formula is C20H20O5. The number of benzene rings is 1. The SMILES string of the molecule is CCOC(=O)C1=C[C@H](c2ccco2)[C@](CC)(c2ccccc2)C(=O)O1. The van der Waals surface area contributed by atoms with Crippen molar-refractivity contribution in [2.75, 3.05) is 6.61 Å². The zero-order valence-electron chi connectivity index (χ0n) is 14.2. The minimum absolute atomic E-state index is 0.0896. The van der Waals surface area contributed by atoms with Gasteiger partial charge in [0.05, 0.1) is 18.8 Å². The molecule has 0 unspecified atom stereocenters. The van der Waals surface area contributed by atoms with Gasteiger partial charge in [-0.25, -0.2) is 4.79 Å². The maximum absolute atomic E-state index is 13.1. The summed E-state index contributed by atoms with van der Waals surface area (Å²) in [6.45, 7) is 3.83. The summed E-state index contributed by atoms with van der Waals surface area (Å²) in [5.41, 5.74) is -0.141. The molecule has 5 heteroatoms. The van der Waals surface area contributed by atoms with Gasteiger partial charge in [0.2, 0.25) is 5.76 Å². The monoisotopic (exact) mass is 340 g/mol. The number of ether oxygens (including phenoxy) is 2. The molecule has 0 radical (unpaired) electrons. The molecule has 1 aliphatic heterocycles. The molecule has 0 aliphatic carbocycles. The summed E-state index contributed by atoms with van der Waals surface area (Å²) in [4.78, 5) is 25.2. The molecule has 0 N–H and O–H groups in total. The van der Waals surface area contributed by atoms with Crippen molar-refractivity contribution < 1.29 is 23.5 Å². The van der Waals surface area contributed by atoms with Gasteiger partial charge in [-0.2, -0.15) is 0 Å². The van der Waals surface area contributed by atoms with Crippen molar-refractivity contribution in [2.45, 2.75) is 31.6 Å². The number of hydrogen-bond donors (Lipinski definition) is 0. The molecule has 0 bridgehead atoms.